The molecule has 0 heterocycles. The third-order valence-corrected chi connectivity index (χ3v) is 3.54. The average Bonchev–Trinajstić information content (AvgIpc) is 2.49. The Balaban J connectivity index is 1.91. The zero-order valence-electron chi connectivity index (χ0n) is 11.9. The Morgan fingerprint density at radius 3 is 2.57 bits per heavy atom. The van der Waals surface area contributed by atoms with Gasteiger partial charge in [-0.25, -0.2) is 0 Å². The van der Waals surface area contributed by atoms with Gasteiger partial charge in [-0.15, -0.1) is 0 Å². The van der Waals surface area contributed by atoms with Crippen LogP contribution in [0.5, 0.6) is 5.75 Å². The molecule has 0 aliphatic rings. The molecule has 2 N–H and O–H groups in total. The summed E-state index contributed by atoms with van der Waals surface area (Å²) in [5, 5.41) is 7.57. The van der Waals surface area contributed by atoms with Crippen LogP contribution in [0.2, 0.25) is 5.02 Å². The van der Waals surface area contributed by atoms with Crippen molar-refractivity contribution in [3.63, 3.8) is 0 Å². The largest absolute Gasteiger partial charge is 0.497 e. The molecule has 3 nitrogen and oxygen atoms in total. The van der Waals surface area contributed by atoms with E-state index in [1.807, 2.05) is 49.4 Å². The number of methoxy groups -OCH3 is 1. The number of nitrogens with one attached hydrogen (secondary N) is 2. The normalized spacial score (nSPS) is 10.0. The van der Waals surface area contributed by atoms with Crippen molar-refractivity contribution in [2.75, 3.05) is 12.4 Å². The molecular formula is C16H17ClN2OS. The third-order valence-electron chi connectivity index (χ3n) is 3.06. The van der Waals surface area contributed by atoms with E-state index in [1.54, 1.807) is 7.11 Å². The summed E-state index contributed by atoms with van der Waals surface area (Å²) in [7, 11) is 1.65. The number of rotatable bonds is 4. The number of thiocarbonyl (C=S) groups is 1. The van der Waals surface area contributed by atoms with E-state index in [9.17, 15) is 0 Å². The van der Waals surface area contributed by atoms with E-state index < -0.39 is 0 Å². The summed E-state index contributed by atoms with van der Waals surface area (Å²) in [4.78, 5) is 0. The molecule has 0 atom stereocenters. The Hall–Kier alpha value is -1.78. The highest BCUT2D eigenvalue weighted by Gasteiger charge is 2.02. The van der Waals surface area contributed by atoms with Crippen molar-refractivity contribution >= 4 is 34.6 Å². The Labute approximate surface area is 135 Å². The first-order valence-electron chi connectivity index (χ1n) is 6.52. The highest BCUT2D eigenvalue weighted by Crippen LogP contribution is 2.20. The lowest BCUT2D eigenvalue weighted by Crippen LogP contribution is -2.28. The van der Waals surface area contributed by atoms with Gasteiger partial charge < -0.3 is 15.4 Å². The lowest BCUT2D eigenvalue weighted by atomic mass is 10.2. The molecule has 0 unspecified atom stereocenters. The fourth-order valence-corrected chi connectivity index (χ4v) is 2.18. The van der Waals surface area contributed by atoms with Crippen LogP contribution in [-0.4, -0.2) is 12.2 Å². The quantitative estimate of drug-likeness (QED) is 0.829. The molecule has 0 aliphatic carbocycles. The van der Waals surface area contributed by atoms with Crippen LogP contribution in [0.3, 0.4) is 0 Å². The summed E-state index contributed by atoms with van der Waals surface area (Å²) in [6, 6.07) is 13.5. The van der Waals surface area contributed by atoms with Crippen molar-refractivity contribution < 1.29 is 4.74 Å². The van der Waals surface area contributed by atoms with E-state index in [1.165, 1.54) is 0 Å². The third kappa shape index (κ3) is 4.62. The molecule has 0 bridgehead atoms. The van der Waals surface area contributed by atoms with Crippen molar-refractivity contribution in [2.45, 2.75) is 13.5 Å². The molecular weight excluding hydrogens is 304 g/mol. The molecule has 0 radical (unpaired) electrons. The Morgan fingerprint density at radius 1 is 1.19 bits per heavy atom. The van der Waals surface area contributed by atoms with Crippen LogP contribution in [-0.2, 0) is 6.54 Å². The molecule has 2 aromatic rings. The van der Waals surface area contributed by atoms with Crippen molar-refractivity contribution in [3.8, 4) is 5.75 Å². The minimum Gasteiger partial charge on any atom is -0.497 e. The van der Waals surface area contributed by atoms with Gasteiger partial charge in [0.05, 0.1) is 7.11 Å². The maximum absolute atomic E-state index is 5.99. The number of halogens is 1. The van der Waals surface area contributed by atoms with Crippen molar-refractivity contribution in [3.05, 3.63) is 58.6 Å². The fraction of sp³-hybridized carbons (Fsp3) is 0.188. The zero-order valence-corrected chi connectivity index (χ0v) is 13.5. The maximum atomic E-state index is 5.99. The highest BCUT2D eigenvalue weighted by atomic mass is 35.5. The predicted octanol–water partition coefficient (Wildman–Crippen LogP) is 4.14. The number of ether oxygens (including phenoxy) is 1. The summed E-state index contributed by atoms with van der Waals surface area (Å²) < 4.78 is 5.13. The van der Waals surface area contributed by atoms with Crippen LogP contribution in [0.25, 0.3) is 0 Å². The second kappa shape index (κ2) is 7.29. The highest BCUT2D eigenvalue weighted by molar-refractivity contribution is 7.80. The van der Waals surface area contributed by atoms with Crippen LogP contribution in [0, 0.1) is 6.92 Å². The molecule has 0 fully saturated rings. The summed E-state index contributed by atoms with van der Waals surface area (Å²) in [5.74, 6) is 0.842. The Kier molecular flexibility index (Phi) is 5.42. The SMILES string of the molecule is COc1ccc(CNC(=S)Nc2cc(Cl)ccc2C)cc1. The molecule has 0 aromatic heterocycles. The predicted molar refractivity (Wildman–Crippen MR) is 92.2 cm³/mol. The molecule has 110 valence electrons. The molecule has 21 heavy (non-hydrogen) atoms. The fourth-order valence-electron chi connectivity index (χ4n) is 1.82. The molecule has 2 rings (SSSR count). The van der Waals surface area contributed by atoms with Gasteiger partial charge in [0.25, 0.3) is 0 Å². The van der Waals surface area contributed by atoms with E-state index in [0.717, 1.165) is 22.6 Å². The van der Waals surface area contributed by atoms with Crippen molar-refractivity contribution in [2.24, 2.45) is 0 Å². The number of hydrogen-bond acceptors (Lipinski definition) is 2. The van der Waals surface area contributed by atoms with Crippen molar-refractivity contribution in [1.29, 1.82) is 0 Å². The number of hydrogen-bond donors (Lipinski definition) is 2. The monoisotopic (exact) mass is 320 g/mol. The smallest absolute Gasteiger partial charge is 0.171 e. The van der Waals surface area contributed by atoms with Crippen molar-refractivity contribution in [1.82, 2.24) is 5.32 Å². The van der Waals surface area contributed by atoms with Crippen LogP contribution in [0.1, 0.15) is 11.1 Å². The number of benzene rings is 2. The second-order valence-corrected chi connectivity index (χ2v) is 5.46. The van der Waals surface area contributed by atoms with Gasteiger partial charge >= 0.3 is 0 Å². The Morgan fingerprint density at radius 2 is 1.90 bits per heavy atom. The molecule has 0 spiro atoms. The topological polar surface area (TPSA) is 33.3 Å². The van der Waals surface area contributed by atoms with Gasteiger partial charge in [-0.3, -0.25) is 0 Å². The molecule has 2 aromatic carbocycles. The average molecular weight is 321 g/mol. The lowest BCUT2D eigenvalue weighted by molar-refractivity contribution is 0.414. The summed E-state index contributed by atoms with van der Waals surface area (Å²) in [6.07, 6.45) is 0. The number of aryl methyl sites for hydroxylation is 1. The van der Waals surface area contributed by atoms with E-state index in [2.05, 4.69) is 10.6 Å². The molecule has 0 aliphatic heterocycles. The first-order valence-corrected chi connectivity index (χ1v) is 7.31. The van der Waals surface area contributed by atoms with Gasteiger partial charge in [-0.2, -0.15) is 0 Å². The van der Waals surface area contributed by atoms with Gasteiger partial charge in [-0.1, -0.05) is 29.8 Å². The molecule has 0 amide bonds. The number of anilines is 1. The van der Waals surface area contributed by atoms with Crippen LogP contribution >= 0.6 is 23.8 Å². The zero-order chi connectivity index (χ0) is 15.2. The van der Waals surface area contributed by atoms with Gasteiger partial charge in [0.2, 0.25) is 0 Å². The lowest BCUT2D eigenvalue weighted by Gasteiger charge is -2.13. The molecule has 5 heteroatoms. The van der Waals surface area contributed by atoms with E-state index in [4.69, 9.17) is 28.6 Å². The van der Waals surface area contributed by atoms with E-state index in [0.29, 0.717) is 16.7 Å². The Bertz CT molecular complexity index is 629. The maximum Gasteiger partial charge on any atom is 0.171 e. The van der Waals surface area contributed by atoms with Gasteiger partial charge in [-0.05, 0) is 54.5 Å². The molecule has 0 saturated carbocycles. The van der Waals surface area contributed by atoms with E-state index >= 15 is 0 Å². The first-order chi connectivity index (χ1) is 10.1. The summed E-state index contributed by atoms with van der Waals surface area (Å²) in [5.41, 5.74) is 3.13. The first kappa shape index (κ1) is 15.6. The van der Waals surface area contributed by atoms with Gasteiger partial charge in [0.1, 0.15) is 5.75 Å². The van der Waals surface area contributed by atoms with Crippen LogP contribution in [0.15, 0.2) is 42.5 Å². The standard InChI is InChI=1S/C16H17ClN2OS/c1-11-3-6-13(17)9-15(11)19-16(21)18-10-12-4-7-14(20-2)8-5-12/h3-9H,10H2,1-2H3,(H2,18,19,21). The molecule has 0 saturated heterocycles. The van der Waals surface area contributed by atoms with Gasteiger partial charge in [0.15, 0.2) is 5.11 Å². The summed E-state index contributed by atoms with van der Waals surface area (Å²) >= 11 is 11.3. The van der Waals surface area contributed by atoms with Crippen LogP contribution < -0.4 is 15.4 Å². The van der Waals surface area contributed by atoms with Crippen LogP contribution in [0.4, 0.5) is 5.69 Å². The minimum absolute atomic E-state index is 0.566. The second-order valence-electron chi connectivity index (χ2n) is 4.61. The van der Waals surface area contributed by atoms with Gasteiger partial charge in [0, 0.05) is 17.3 Å². The summed E-state index contributed by atoms with van der Waals surface area (Å²) in [6.45, 7) is 2.65. The minimum atomic E-state index is 0.566. The van der Waals surface area contributed by atoms with E-state index in [-0.39, 0.29) is 0 Å².